The van der Waals surface area contributed by atoms with E-state index >= 15 is 0 Å². The van der Waals surface area contributed by atoms with Crippen LogP contribution in [0.4, 0.5) is 0 Å². The maximum atomic E-state index is 13.0. The number of allylic oxidation sites excluding steroid dienone is 2. The molecule has 0 radical (unpaired) electrons. The Labute approximate surface area is 181 Å². The number of nitrogens with one attached hydrogen (secondary N) is 1. The summed E-state index contributed by atoms with van der Waals surface area (Å²) in [6, 6.07) is 6.95. The van der Waals surface area contributed by atoms with Crippen LogP contribution in [0.2, 0.25) is 5.02 Å². The molecule has 1 heterocycles. The average molecular weight is 433 g/mol. The van der Waals surface area contributed by atoms with Crippen LogP contribution in [0.1, 0.15) is 44.7 Å². The molecule has 1 unspecified atom stereocenters. The normalized spacial score (nSPS) is 16.3. The third kappa shape index (κ3) is 5.02. The summed E-state index contributed by atoms with van der Waals surface area (Å²) >= 11 is 6.50. The van der Waals surface area contributed by atoms with Gasteiger partial charge in [0.25, 0.3) is 0 Å². The molecule has 0 fully saturated rings. The van der Waals surface area contributed by atoms with E-state index in [0.29, 0.717) is 17.0 Å². The van der Waals surface area contributed by atoms with Crippen LogP contribution in [-0.2, 0) is 23.8 Å². The zero-order chi connectivity index (χ0) is 22.4. The van der Waals surface area contributed by atoms with Gasteiger partial charge in [0.2, 0.25) is 0 Å². The second-order valence-corrected chi connectivity index (χ2v) is 7.42. The van der Waals surface area contributed by atoms with Gasteiger partial charge < -0.3 is 19.5 Å². The highest BCUT2D eigenvalue weighted by molar-refractivity contribution is 6.32. The Hall–Kier alpha value is -2.82. The van der Waals surface area contributed by atoms with E-state index in [-0.39, 0.29) is 41.1 Å². The highest BCUT2D eigenvalue weighted by Gasteiger charge is 2.39. The predicted octanol–water partition coefficient (Wildman–Crippen LogP) is 3.59. The first kappa shape index (κ1) is 23.5. The van der Waals surface area contributed by atoms with Gasteiger partial charge in [-0.15, -0.1) is 0 Å². The summed E-state index contributed by atoms with van der Waals surface area (Å²) in [5.41, 5.74) is 2.22. The average Bonchev–Trinajstić information content (AvgIpc) is 2.67. The summed E-state index contributed by atoms with van der Waals surface area (Å²) < 4.78 is 15.7. The van der Waals surface area contributed by atoms with E-state index in [1.807, 2.05) is 6.07 Å². The Morgan fingerprint density at radius 3 is 2.37 bits per heavy atom. The van der Waals surface area contributed by atoms with Crippen LogP contribution in [0.15, 0.2) is 40.7 Å². The summed E-state index contributed by atoms with van der Waals surface area (Å²) in [5, 5.41) is 12.6. The van der Waals surface area contributed by atoms with Gasteiger partial charge in [-0.2, -0.15) is 5.26 Å². The predicted molar refractivity (Wildman–Crippen MR) is 112 cm³/mol. The molecular formula is C22H25ClN2O5. The Balaban J connectivity index is 2.66. The number of hydrogen-bond donors (Lipinski definition) is 1. The number of ether oxygens (including phenoxy) is 3. The molecule has 0 amide bonds. The van der Waals surface area contributed by atoms with Crippen LogP contribution >= 0.6 is 11.6 Å². The number of dihydropyridines is 1. The molecule has 30 heavy (non-hydrogen) atoms. The van der Waals surface area contributed by atoms with Gasteiger partial charge >= 0.3 is 11.9 Å². The van der Waals surface area contributed by atoms with Crippen LogP contribution in [0.25, 0.3) is 0 Å². The van der Waals surface area contributed by atoms with E-state index in [0.717, 1.165) is 0 Å². The number of esters is 2. The first-order valence-corrected chi connectivity index (χ1v) is 9.84. The number of nitrogens with zero attached hydrogens (tertiary/aromatic N) is 1. The zero-order valence-electron chi connectivity index (χ0n) is 17.7. The minimum absolute atomic E-state index is 0.0548. The third-order valence-corrected chi connectivity index (χ3v) is 4.95. The number of hydrogen-bond acceptors (Lipinski definition) is 7. The molecule has 0 aromatic heterocycles. The highest BCUT2D eigenvalue weighted by atomic mass is 35.5. The second-order valence-electron chi connectivity index (χ2n) is 7.04. The Kier molecular flexibility index (Phi) is 8.04. The van der Waals surface area contributed by atoms with Gasteiger partial charge in [0.05, 0.1) is 40.4 Å². The third-order valence-electron chi connectivity index (χ3n) is 4.52. The fourth-order valence-electron chi connectivity index (χ4n) is 3.28. The lowest BCUT2D eigenvalue weighted by Gasteiger charge is -2.31. The fourth-order valence-corrected chi connectivity index (χ4v) is 3.56. The molecule has 1 aliphatic heterocycles. The Morgan fingerprint density at radius 1 is 1.17 bits per heavy atom. The summed E-state index contributed by atoms with van der Waals surface area (Å²) in [7, 11) is 1.50. The molecule has 7 nitrogen and oxygen atoms in total. The molecule has 1 aromatic carbocycles. The van der Waals surface area contributed by atoms with Crippen LogP contribution in [0.5, 0.6) is 0 Å². The molecule has 1 atom stereocenters. The molecule has 1 N–H and O–H groups in total. The molecule has 0 bridgehead atoms. The number of nitriles is 1. The SMILES string of the molecule is COCCOC(=O)C1=C(C)NC(C)=C(C(=O)OC(C)C)C1c1cccc(C#N)c1Cl. The molecule has 160 valence electrons. The maximum Gasteiger partial charge on any atom is 0.337 e. The number of methoxy groups -OCH3 is 1. The van der Waals surface area contributed by atoms with E-state index in [4.69, 9.17) is 25.8 Å². The first-order chi connectivity index (χ1) is 14.2. The lowest BCUT2D eigenvalue weighted by molar-refractivity contribution is -0.143. The van der Waals surface area contributed by atoms with Crippen molar-refractivity contribution in [1.29, 1.82) is 5.26 Å². The van der Waals surface area contributed by atoms with E-state index < -0.39 is 17.9 Å². The van der Waals surface area contributed by atoms with E-state index in [9.17, 15) is 14.9 Å². The molecule has 2 rings (SSSR count). The highest BCUT2D eigenvalue weighted by Crippen LogP contribution is 2.42. The zero-order valence-corrected chi connectivity index (χ0v) is 18.4. The monoisotopic (exact) mass is 432 g/mol. The summed E-state index contributed by atoms with van der Waals surface area (Å²) in [4.78, 5) is 26.0. The van der Waals surface area contributed by atoms with Gasteiger partial charge in [0.15, 0.2) is 0 Å². The lowest BCUT2D eigenvalue weighted by Crippen LogP contribution is -2.33. The molecule has 0 saturated carbocycles. The minimum atomic E-state index is -0.853. The van der Waals surface area contributed by atoms with Crippen molar-refractivity contribution in [3.63, 3.8) is 0 Å². The minimum Gasteiger partial charge on any atom is -0.460 e. The van der Waals surface area contributed by atoms with E-state index in [1.165, 1.54) is 7.11 Å². The van der Waals surface area contributed by atoms with Crippen molar-refractivity contribution in [1.82, 2.24) is 5.32 Å². The summed E-state index contributed by atoms with van der Waals surface area (Å²) in [6.07, 6.45) is -0.358. The van der Waals surface area contributed by atoms with Gasteiger partial charge in [0.1, 0.15) is 12.7 Å². The van der Waals surface area contributed by atoms with Crippen molar-refractivity contribution < 1.29 is 23.8 Å². The van der Waals surface area contributed by atoms with Crippen molar-refractivity contribution in [2.45, 2.75) is 39.7 Å². The second kappa shape index (κ2) is 10.3. The van der Waals surface area contributed by atoms with Crippen molar-refractivity contribution in [3.05, 3.63) is 56.9 Å². The number of halogens is 1. The molecule has 1 aromatic rings. The number of carbonyl (C=O) groups excluding carboxylic acids is 2. The largest absolute Gasteiger partial charge is 0.460 e. The lowest BCUT2D eigenvalue weighted by atomic mass is 9.80. The van der Waals surface area contributed by atoms with Crippen molar-refractivity contribution in [2.75, 3.05) is 20.3 Å². The van der Waals surface area contributed by atoms with Gasteiger partial charge in [0, 0.05) is 18.5 Å². The van der Waals surface area contributed by atoms with E-state index in [2.05, 4.69) is 5.32 Å². The van der Waals surface area contributed by atoms with Gasteiger partial charge in [-0.05, 0) is 39.3 Å². The van der Waals surface area contributed by atoms with Gasteiger partial charge in [-0.25, -0.2) is 9.59 Å². The summed E-state index contributed by atoms with van der Waals surface area (Å²) in [6.45, 7) is 7.21. The van der Waals surface area contributed by atoms with Crippen LogP contribution in [-0.4, -0.2) is 38.4 Å². The first-order valence-electron chi connectivity index (χ1n) is 9.47. The molecule has 0 spiro atoms. The Bertz CT molecular complexity index is 943. The van der Waals surface area contributed by atoms with Crippen LogP contribution in [0.3, 0.4) is 0 Å². The number of benzene rings is 1. The van der Waals surface area contributed by atoms with Gasteiger partial charge in [-0.3, -0.25) is 0 Å². The molecule has 8 heteroatoms. The quantitative estimate of drug-likeness (QED) is 0.519. The number of carbonyl (C=O) groups is 2. The van der Waals surface area contributed by atoms with Crippen molar-refractivity contribution >= 4 is 23.5 Å². The maximum absolute atomic E-state index is 13.0. The van der Waals surface area contributed by atoms with Crippen LogP contribution in [0, 0.1) is 11.3 Å². The van der Waals surface area contributed by atoms with E-state index in [1.54, 1.807) is 45.9 Å². The number of rotatable bonds is 7. The van der Waals surface area contributed by atoms with Crippen molar-refractivity contribution in [3.8, 4) is 6.07 Å². The topological polar surface area (TPSA) is 97.7 Å². The Morgan fingerprint density at radius 2 is 1.80 bits per heavy atom. The molecule has 0 aliphatic carbocycles. The molecule has 1 aliphatic rings. The molecular weight excluding hydrogens is 408 g/mol. The smallest absolute Gasteiger partial charge is 0.337 e. The van der Waals surface area contributed by atoms with Crippen LogP contribution < -0.4 is 5.32 Å². The van der Waals surface area contributed by atoms with Crippen molar-refractivity contribution in [2.24, 2.45) is 0 Å². The summed E-state index contributed by atoms with van der Waals surface area (Å²) in [5.74, 6) is -2.04. The van der Waals surface area contributed by atoms with Gasteiger partial charge in [-0.1, -0.05) is 23.7 Å². The molecule has 0 saturated heterocycles. The standard InChI is InChI=1S/C22H25ClN2O5/c1-12(2)30-22(27)18-14(4)25-13(3)17(21(26)29-10-9-28-5)19(18)16-8-6-7-15(11-24)20(16)23/h6-8,12,19,25H,9-10H2,1-5H3. The fraction of sp³-hybridized carbons (Fsp3) is 0.409.